The molecule has 1 aromatic carbocycles. The van der Waals surface area contributed by atoms with E-state index in [1.54, 1.807) is 19.3 Å². The van der Waals surface area contributed by atoms with Crippen LogP contribution in [-0.4, -0.2) is 23.5 Å². The number of imidazole rings is 1. The third-order valence-corrected chi connectivity index (χ3v) is 4.11. The molecule has 1 unspecified atom stereocenters. The van der Waals surface area contributed by atoms with Crippen molar-refractivity contribution >= 4 is 15.7 Å². The van der Waals surface area contributed by atoms with Crippen molar-refractivity contribution in [1.82, 2.24) is 14.7 Å². The molecule has 0 amide bonds. The monoisotopic (exact) mass is 282 g/mol. The molecular formula is C11H14N4O3S. The normalized spacial score (nSPS) is 13.3. The number of nitrogens with two attached hydrogens (primary N) is 1. The average molecular weight is 282 g/mol. The van der Waals surface area contributed by atoms with E-state index >= 15 is 0 Å². The molecule has 8 heteroatoms. The maximum atomic E-state index is 12.1. The summed E-state index contributed by atoms with van der Waals surface area (Å²) in [6.07, 6.45) is 3.15. The van der Waals surface area contributed by atoms with Crippen LogP contribution in [0.25, 0.3) is 0 Å². The highest BCUT2D eigenvalue weighted by molar-refractivity contribution is 7.89. The molecule has 2 aromatic rings. The number of aromatic amines is 1. The van der Waals surface area contributed by atoms with Crippen molar-refractivity contribution < 1.29 is 13.5 Å². The van der Waals surface area contributed by atoms with Crippen molar-refractivity contribution in [1.29, 1.82) is 0 Å². The van der Waals surface area contributed by atoms with Crippen LogP contribution in [-0.2, 0) is 10.0 Å². The molecule has 1 aromatic heterocycles. The second kappa shape index (κ2) is 4.90. The summed E-state index contributed by atoms with van der Waals surface area (Å²) >= 11 is 0. The molecule has 7 nitrogen and oxygen atoms in total. The van der Waals surface area contributed by atoms with Gasteiger partial charge >= 0.3 is 0 Å². The maximum absolute atomic E-state index is 12.1. The Bertz CT molecular complexity index is 667. The quantitative estimate of drug-likeness (QED) is 0.486. The number of aromatic nitrogens is 2. The summed E-state index contributed by atoms with van der Waals surface area (Å²) in [6, 6.07) is 3.21. The molecule has 0 bridgehead atoms. The van der Waals surface area contributed by atoms with Crippen LogP contribution in [0, 0.1) is 0 Å². The highest BCUT2D eigenvalue weighted by atomic mass is 32.2. The number of anilines is 1. The fourth-order valence-electron chi connectivity index (χ4n) is 1.57. The molecule has 0 saturated carbocycles. The van der Waals surface area contributed by atoms with Gasteiger partial charge in [0.15, 0.2) is 0 Å². The molecule has 19 heavy (non-hydrogen) atoms. The van der Waals surface area contributed by atoms with E-state index in [1.807, 2.05) is 0 Å². The fourth-order valence-corrected chi connectivity index (χ4v) is 2.81. The zero-order valence-corrected chi connectivity index (χ0v) is 11.0. The Morgan fingerprint density at radius 3 is 2.79 bits per heavy atom. The topological polar surface area (TPSA) is 121 Å². The predicted molar refractivity (Wildman–Crippen MR) is 69.8 cm³/mol. The molecule has 0 fully saturated rings. The average Bonchev–Trinajstić information content (AvgIpc) is 2.85. The van der Waals surface area contributed by atoms with Gasteiger partial charge in [-0.15, -0.1) is 0 Å². The van der Waals surface area contributed by atoms with E-state index in [9.17, 15) is 13.5 Å². The first-order chi connectivity index (χ1) is 8.90. The van der Waals surface area contributed by atoms with Crippen molar-refractivity contribution in [2.24, 2.45) is 0 Å². The molecule has 0 aliphatic carbocycles. The molecule has 2 rings (SSSR count). The number of nitrogen functional groups attached to an aromatic ring is 1. The summed E-state index contributed by atoms with van der Waals surface area (Å²) in [5, 5.41) is 9.29. The van der Waals surface area contributed by atoms with Crippen LogP contribution in [0.15, 0.2) is 35.5 Å². The van der Waals surface area contributed by atoms with Crippen LogP contribution in [0.2, 0.25) is 0 Å². The van der Waals surface area contributed by atoms with E-state index in [-0.39, 0.29) is 16.3 Å². The third-order valence-electron chi connectivity index (χ3n) is 2.57. The standard InChI is InChI=1S/C11H14N4O3S/c1-7(11-13-4-5-14-11)15-19(17,18)8-2-3-10(16)9(12)6-8/h2-7,15-16H,12H2,1H3,(H,13,14). The largest absolute Gasteiger partial charge is 0.506 e. The van der Waals surface area contributed by atoms with Gasteiger partial charge in [-0.05, 0) is 25.1 Å². The van der Waals surface area contributed by atoms with E-state index in [2.05, 4.69) is 14.7 Å². The van der Waals surface area contributed by atoms with Gasteiger partial charge in [0, 0.05) is 12.4 Å². The zero-order valence-electron chi connectivity index (χ0n) is 10.2. The maximum Gasteiger partial charge on any atom is 0.241 e. The number of hydrogen-bond donors (Lipinski definition) is 4. The van der Waals surface area contributed by atoms with Crippen LogP contribution in [0.4, 0.5) is 5.69 Å². The van der Waals surface area contributed by atoms with Gasteiger partial charge in [-0.3, -0.25) is 0 Å². The highest BCUT2D eigenvalue weighted by Gasteiger charge is 2.20. The van der Waals surface area contributed by atoms with E-state index < -0.39 is 16.1 Å². The summed E-state index contributed by atoms with van der Waals surface area (Å²) < 4.78 is 26.7. The van der Waals surface area contributed by atoms with Crippen molar-refractivity contribution in [3.05, 3.63) is 36.4 Å². The van der Waals surface area contributed by atoms with E-state index in [4.69, 9.17) is 5.73 Å². The first-order valence-electron chi connectivity index (χ1n) is 5.50. The molecule has 102 valence electrons. The van der Waals surface area contributed by atoms with Gasteiger partial charge in [-0.2, -0.15) is 0 Å². The number of hydrogen-bond acceptors (Lipinski definition) is 5. The SMILES string of the molecule is CC(NS(=O)(=O)c1ccc(O)c(N)c1)c1ncc[nH]1. The number of benzene rings is 1. The molecular weight excluding hydrogens is 268 g/mol. The molecule has 0 radical (unpaired) electrons. The number of nitrogens with one attached hydrogen (secondary N) is 2. The lowest BCUT2D eigenvalue weighted by atomic mass is 10.3. The van der Waals surface area contributed by atoms with Gasteiger partial charge in [0.05, 0.1) is 16.6 Å². The Morgan fingerprint density at radius 1 is 1.47 bits per heavy atom. The molecule has 0 spiro atoms. The molecule has 0 saturated heterocycles. The number of aromatic hydroxyl groups is 1. The highest BCUT2D eigenvalue weighted by Crippen LogP contribution is 2.23. The second-order valence-corrected chi connectivity index (χ2v) is 5.75. The van der Waals surface area contributed by atoms with Crippen LogP contribution in [0.1, 0.15) is 18.8 Å². The van der Waals surface area contributed by atoms with Crippen molar-refractivity contribution in [2.45, 2.75) is 17.9 Å². The first-order valence-corrected chi connectivity index (χ1v) is 6.98. The number of sulfonamides is 1. The molecule has 1 atom stereocenters. The minimum absolute atomic E-state index is 0.00790. The van der Waals surface area contributed by atoms with Gasteiger partial charge in [0.2, 0.25) is 10.0 Å². The molecule has 5 N–H and O–H groups in total. The van der Waals surface area contributed by atoms with Gasteiger partial charge in [-0.1, -0.05) is 0 Å². The Hall–Kier alpha value is -2.06. The lowest BCUT2D eigenvalue weighted by Crippen LogP contribution is -2.27. The number of rotatable bonds is 4. The third kappa shape index (κ3) is 2.85. The van der Waals surface area contributed by atoms with Gasteiger partial charge < -0.3 is 15.8 Å². The fraction of sp³-hybridized carbons (Fsp3) is 0.182. The number of phenols is 1. The van der Waals surface area contributed by atoms with Crippen molar-refractivity contribution in [2.75, 3.05) is 5.73 Å². The Balaban J connectivity index is 2.25. The minimum Gasteiger partial charge on any atom is -0.506 e. The lowest BCUT2D eigenvalue weighted by Gasteiger charge is -2.12. The zero-order chi connectivity index (χ0) is 14.0. The molecule has 0 aliphatic rings. The van der Waals surface area contributed by atoms with Crippen LogP contribution in [0.5, 0.6) is 5.75 Å². The minimum atomic E-state index is -3.73. The van der Waals surface area contributed by atoms with E-state index in [0.717, 1.165) is 0 Å². The summed E-state index contributed by atoms with van der Waals surface area (Å²) in [7, 11) is -3.73. The second-order valence-electron chi connectivity index (χ2n) is 4.04. The Labute approximate surface area is 110 Å². The van der Waals surface area contributed by atoms with E-state index in [1.165, 1.54) is 18.2 Å². The van der Waals surface area contributed by atoms with Gasteiger partial charge in [0.25, 0.3) is 0 Å². The van der Waals surface area contributed by atoms with Crippen molar-refractivity contribution in [3.8, 4) is 5.75 Å². The summed E-state index contributed by atoms with van der Waals surface area (Å²) in [5.41, 5.74) is 5.49. The lowest BCUT2D eigenvalue weighted by molar-refractivity contribution is 0.477. The predicted octanol–water partition coefficient (Wildman–Crippen LogP) is 0.737. The van der Waals surface area contributed by atoms with Gasteiger partial charge in [-0.25, -0.2) is 18.1 Å². The summed E-state index contributed by atoms with van der Waals surface area (Å²) in [4.78, 5) is 6.79. The number of H-pyrrole nitrogens is 1. The Kier molecular flexibility index (Phi) is 3.45. The van der Waals surface area contributed by atoms with Crippen LogP contribution < -0.4 is 10.5 Å². The van der Waals surface area contributed by atoms with Crippen LogP contribution in [0.3, 0.4) is 0 Å². The number of nitrogens with zero attached hydrogens (tertiary/aromatic N) is 1. The molecule has 0 aliphatic heterocycles. The summed E-state index contributed by atoms with van der Waals surface area (Å²) in [6.45, 7) is 1.67. The molecule has 1 heterocycles. The van der Waals surface area contributed by atoms with E-state index in [0.29, 0.717) is 5.82 Å². The van der Waals surface area contributed by atoms with Crippen molar-refractivity contribution in [3.63, 3.8) is 0 Å². The summed E-state index contributed by atoms with van der Waals surface area (Å²) in [5.74, 6) is 0.355. The van der Waals surface area contributed by atoms with Crippen LogP contribution >= 0.6 is 0 Å². The Morgan fingerprint density at radius 2 is 2.21 bits per heavy atom. The number of phenolic OH excluding ortho intramolecular Hbond substituents is 1. The van der Waals surface area contributed by atoms with Gasteiger partial charge in [0.1, 0.15) is 11.6 Å². The smallest absolute Gasteiger partial charge is 0.241 e. The first kappa shape index (κ1) is 13.4.